The van der Waals surface area contributed by atoms with Gasteiger partial charge in [0.25, 0.3) is 5.09 Å². The Labute approximate surface area is 217 Å². The lowest BCUT2D eigenvalue weighted by Crippen LogP contribution is -2.21. The largest absolute Gasteiger partial charge is 0.491 e. The first-order valence-corrected chi connectivity index (χ1v) is 12.1. The van der Waals surface area contributed by atoms with Crippen molar-refractivity contribution in [2.75, 3.05) is 19.8 Å². The smallest absolute Gasteiger partial charge is 0.416 e. The summed E-state index contributed by atoms with van der Waals surface area (Å²) in [5, 5.41) is 39.9. The summed E-state index contributed by atoms with van der Waals surface area (Å²) < 4.78 is 48.5. The number of benzene rings is 1. The van der Waals surface area contributed by atoms with Gasteiger partial charge in [-0.1, -0.05) is 30.4 Å². The molecule has 1 aliphatic carbocycles. The van der Waals surface area contributed by atoms with Crippen molar-refractivity contribution in [1.82, 2.24) is 0 Å². The van der Waals surface area contributed by atoms with Crippen LogP contribution in [0, 0.1) is 22.0 Å². The Balaban J connectivity index is 1.75. The number of unbranched alkanes of at least 4 members (excludes halogenated alkanes) is 1. The van der Waals surface area contributed by atoms with E-state index in [-0.39, 0.29) is 44.3 Å². The monoisotopic (exact) mass is 547 g/mol. The molecule has 5 atom stereocenters. The maximum absolute atomic E-state index is 12.8. The molecule has 1 saturated carbocycles. The first kappa shape index (κ1) is 31.1. The van der Waals surface area contributed by atoms with Gasteiger partial charge in [-0.2, -0.15) is 13.2 Å². The minimum atomic E-state index is -4.51. The highest BCUT2D eigenvalue weighted by Gasteiger charge is 2.39. The van der Waals surface area contributed by atoms with Crippen LogP contribution in [0.1, 0.15) is 37.7 Å². The molecule has 13 heteroatoms. The summed E-state index contributed by atoms with van der Waals surface area (Å²) in [5.41, 5.74) is -0.862. The summed E-state index contributed by atoms with van der Waals surface area (Å²) in [5.74, 6) is -1.31. The highest BCUT2D eigenvalue weighted by Crippen LogP contribution is 2.36. The third kappa shape index (κ3) is 11.1. The van der Waals surface area contributed by atoms with Gasteiger partial charge in [-0.05, 0) is 43.4 Å². The van der Waals surface area contributed by atoms with Crippen molar-refractivity contribution in [3.63, 3.8) is 0 Å². The van der Waals surface area contributed by atoms with Crippen LogP contribution in [-0.2, 0) is 20.5 Å². The molecule has 3 N–H and O–H groups in total. The summed E-state index contributed by atoms with van der Waals surface area (Å²) >= 11 is 0. The standard InChI is InChI=1S/C25H32F3NO9/c26-25(27,28)17-6-5-7-19(14-17)37-16-18(30)10-11-21-20(22(31)15-23(21)32)8-3-1-2-4-9-24(33)36-12-13-38-29(34)35/h1,3,5-7,10-11,14,18,20-23,30-32H,2,4,8-9,12-13,15-16H2/t18-,20-,21-,22+,23-/m1/s1. The van der Waals surface area contributed by atoms with Crippen molar-refractivity contribution in [3.8, 4) is 5.75 Å². The Morgan fingerprint density at radius 1 is 1.21 bits per heavy atom. The Morgan fingerprint density at radius 2 is 1.97 bits per heavy atom. The van der Waals surface area contributed by atoms with Gasteiger partial charge in [-0.15, -0.1) is 10.1 Å². The molecule has 2 rings (SSSR count). The molecule has 0 saturated heterocycles. The second-order valence-corrected chi connectivity index (χ2v) is 8.78. The molecule has 0 unspecified atom stereocenters. The molecule has 0 aliphatic heterocycles. The maximum Gasteiger partial charge on any atom is 0.416 e. The van der Waals surface area contributed by atoms with E-state index >= 15 is 0 Å². The molecule has 212 valence electrons. The normalized spacial score (nSPS) is 22.6. The number of hydrogen-bond donors (Lipinski definition) is 3. The number of nitrogens with zero attached hydrogens (tertiary/aromatic N) is 1. The molecule has 0 heterocycles. The zero-order valence-corrected chi connectivity index (χ0v) is 20.5. The second-order valence-electron chi connectivity index (χ2n) is 8.78. The quantitative estimate of drug-likeness (QED) is 0.0989. The van der Waals surface area contributed by atoms with Crippen molar-refractivity contribution < 1.29 is 52.7 Å². The van der Waals surface area contributed by atoms with E-state index in [1.54, 1.807) is 6.08 Å². The van der Waals surface area contributed by atoms with E-state index in [0.29, 0.717) is 19.3 Å². The van der Waals surface area contributed by atoms with E-state index in [2.05, 4.69) is 4.84 Å². The molecule has 0 radical (unpaired) electrons. The summed E-state index contributed by atoms with van der Waals surface area (Å²) in [6.07, 6.45) is 1.15. The average molecular weight is 548 g/mol. The zero-order valence-electron chi connectivity index (χ0n) is 20.5. The van der Waals surface area contributed by atoms with Crippen molar-refractivity contribution in [1.29, 1.82) is 0 Å². The molecule has 1 aliphatic rings. The van der Waals surface area contributed by atoms with Crippen LogP contribution in [0.4, 0.5) is 13.2 Å². The number of aliphatic hydroxyl groups is 3. The van der Waals surface area contributed by atoms with Crippen LogP contribution in [0.25, 0.3) is 0 Å². The summed E-state index contributed by atoms with van der Waals surface area (Å²) in [6, 6.07) is 4.31. The average Bonchev–Trinajstić information content (AvgIpc) is 3.12. The zero-order chi connectivity index (χ0) is 28.1. The third-order valence-corrected chi connectivity index (χ3v) is 5.92. The number of allylic oxidation sites excluding steroid dienone is 2. The number of halogens is 3. The Kier molecular flexibility index (Phi) is 12.5. The first-order chi connectivity index (χ1) is 18.0. The number of carbonyl (C=O) groups is 1. The minimum absolute atomic E-state index is 0.0382. The number of hydrogen-bond acceptors (Lipinski definition) is 9. The minimum Gasteiger partial charge on any atom is -0.491 e. The van der Waals surface area contributed by atoms with Crippen LogP contribution < -0.4 is 4.74 Å². The van der Waals surface area contributed by atoms with Gasteiger partial charge in [0, 0.05) is 18.8 Å². The summed E-state index contributed by atoms with van der Waals surface area (Å²) in [4.78, 5) is 25.6. The Hall–Kier alpha value is -3.16. The van der Waals surface area contributed by atoms with Gasteiger partial charge in [0.15, 0.2) is 0 Å². The highest BCUT2D eigenvalue weighted by molar-refractivity contribution is 5.69. The molecule has 0 spiro atoms. The van der Waals surface area contributed by atoms with E-state index in [9.17, 15) is 43.4 Å². The van der Waals surface area contributed by atoms with Gasteiger partial charge in [0.05, 0.1) is 17.8 Å². The molecule has 10 nitrogen and oxygen atoms in total. The van der Waals surface area contributed by atoms with Gasteiger partial charge < -0.3 is 29.6 Å². The SMILES string of the molecule is O=C(CCCC=CC[C@@H]1[C@@H](C=C[C@@H](O)COc2cccc(C(F)(F)F)c2)[C@H](O)C[C@@H]1O)OCCO[N+](=O)[O-]. The summed E-state index contributed by atoms with van der Waals surface area (Å²) in [6.45, 7) is -0.832. The molecular formula is C25H32F3NO9. The van der Waals surface area contributed by atoms with E-state index in [1.807, 2.05) is 12.2 Å². The van der Waals surface area contributed by atoms with Crippen LogP contribution in [-0.4, -0.2) is 64.5 Å². The molecular weight excluding hydrogens is 515 g/mol. The molecule has 0 bridgehead atoms. The molecule has 0 aromatic heterocycles. The lowest BCUT2D eigenvalue weighted by Gasteiger charge is -2.19. The van der Waals surface area contributed by atoms with Gasteiger partial charge in [0.2, 0.25) is 0 Å². The van der Waals surface area contributed by atoms with Crippen molar-refractivity contribution >= 4 is 5.97 Å². The van der Waals surface area contributed by atoms with Crippen LogP contribution in [0.3, 0.4) is 0 Å². The Morgan fingerprint density at radius 3 is 2.68 bits per heavy atom. The fourth-order valence-corrected chi connectivity index (χ4v) is 4.04. The second kappa shape index (κ2) is 15.3. The van der Waals surface area contributed by atoms with E-state index < -0.39 is 47.0 Å². The van der Waals surface area contributed by atoms with Crippen LogP contribution in [0.5, 0.6) is 5.75 Å². The van der Waals surface area contributed by atoms with Crippen LogP contribution >= 0.6 is 0 Å². The highest BCUT2D eigenvalue weighted by atomic mass is 19.4. The van der Waals surface area contributed by atoms with E-state index in [1.165, 1.54) is 18.2 Å². The molecule has 1 aromatic rings. The molecule has 1 aromatic carbocycles. The first-order valence-electron chi connectivity index (χ1n) is 12.1. The van der Waals surface area contributed by atoms with Gasteiger partial charge in [-0.3, -0.25) is 4.79 Å². The van der Waals surface area contributed by atoms with Crippen LogP contribution in [0.15, 0.2) is 48.6 Å². The van der Waals surface area contributed by atoms with Gasteiger partial charge >= 0.3 is 12.1 Å². The number of aliphatic hydroxyl groups excluding tert-OH is 3. The maximum atomic E-state index is 12.8. The number of rotatable bonds is 15. The number of carbonyl (C=O) groups excluding carboxylic acids is 1. The van der Waals surface area contributed by atoms with Crippen molar-refractivity contribution in [2.24, 2.45) is 11.8 Å². The van der Waals surface area contributed by atoms with E-state index in [0.717, 1.165) is 12.1 Å². The predicted molar refractivity (Wildman–Crippen MR) is 127 cm³/mol. The third-order valence-electron chi connectivity index (χ3n) is 5.92. The van der Waals surface area contributed by atoms with E-state index in [4.69, 9.17) is 9.47 Å². The molecule has 1 fully saturated rings. The number of alkyl halides is 3. The fraction of sp³-hybridized carbons (Fsp3) is 0.560. The topological polar surface area (TPSA) is 149 Å². The fourth-order valence-electron chi connectivity index (χ4n) is 4.04. The van der Waals surface area contributed by atoms with Crippen molar-refractivity contribution in [3.05, 3.63) is 64.2 Å². The number of ether oxygens (including phenoxy) is 2. The molecule has 0 amide bonds. The predicted octanol–water partition coefficient (Wildman–Crippen LogP) is 3.23. The van der Waals surface area contributed by atoms with Gasteiger partial charge in [0.1, 0.15) is 31.7 Å². The Bertz CT molecular complexity index is 954. The van der Waals surface area contributed by atoms with Crippen molar-refractivity contribution in [2.45, 2.75) is 56.6 Å². The molecule has 38 heavy (non-hydrogen) atoms. The lowest BCUT2D eigenvalue weighted by molar-refractivity contribution is -0.757. The van der Waals surface area contributed by atoms with Gasteiger partial charge in [-0.25, -0.2) is 0 Å². The number of esters is 1. The summed E-state index contributed by atoms with van der Waals surface area (Å²) in [7, 11) is 0. The lowest BCUT2D eigenvalue weighted by atomic mass is 9.89. The van der Waals surface area contributed by atoms with Crippen LogP contribution in [0.2, 0.25) is 0 Å².